The maximum Gasteiger partial charge on any atom is 0.254 e. The third kappa shape index (κ3) is 2.13. The Labute approximate surface area is 93.2 Å². The number of benzene rings is 1. The van der Waals surface area contributed by atoms with Crippen LogP contribution >= 0.6 is 0 Å². The van der Waals surface area contributed by atoms with Crippen LogP contribution in [0.4, 0.5) is 5.69 Å². The molecule has 1 aliphatic heterocycles. The van der Waals surface area contributed by atoms with Crippen molar-refractivity contribution in [3.8, 4) is 0 Å². The van der Waals surface area contributed by atoms with Crippen LogP contribution in [0.25, 0.3) is 0 Å². The predicted molar refractivity (Wildman–Crippen MR) is 59.8 cm³/mol. The van der Waals surface area contributed by atoms with Gasteiger partial charge in [-0.1, -0.05) is 0 Å². The Morgan fingerprint density at radius 1 is 1.31 bits per heavy atom. The summed E-state index contributed by atoms with van der Waals surface area (Å²) in [4.78, 5) is 24.6. The zero-order valence-electron chi connectivity index (χ0n) is 8.77. The van der Waals surface area contributed by atoms with E-state index in [1.54, 1.807) is 24.3 Å². The quantitative estimate of drug-likeness (QED) is 0.644. The fourth-order valence-corrected chi connectivity index (χ4v) is 1.62. The largest absolute Gasteiger partial charge is 0.399 e. The molecule has 3 N–H and O–H groups in total. The number of hydrogen-bond donors (Lipinski definition) is 2. The Balaban J connectivity index is 2.12. The molecule has 0 saturated carbocycles. The minimum atomic E-state index is -0.130. The van der Waals surface area contributed by atoms with Gasteiger partial charge in [0, 0.05) is 24.3 Å². The summed E-state index contributed by atoms with van der Waals surface area (Å²) in [5, 5.41) is 2.67. The van der Waals surface area contributed by atoms with Crippen molar-refractivity contribution < 1.29 is 9.59 Å². The Kier molecular flexibility index (Phi) is 2.76. The van der Waals surface area contributed by atoms with Gasteiger partial charge in [0.2, 0.25) is 5.91 Å². The van der Waals surface area contributed by atoms with E-state index in [1.807, 2.05) is 0 Å². The van der Waals surface area contributed by atoms with E-state index in [4.69, 9.17) is 5.73 Å². The highest BCUT2D eigenvalue weighted by Gasteiger charge is 2.21. The van der Waals surface area contributed by atoms with Crippen LogP contribution in [0.2, 0.25) is 0 Å². The summed E-state index contributed by atoms with van der Waals surface area (Å²) in [5.41, 5.74) is 6.72. The zero-order valence-corrected chi connectivity index (χ0v) is 8.77. The summed E-state index contributed by atoms with van der Waals surface area (Å²) in [6, 6.07) is 6.70. The van der Waals surface area contributed by atoms with Crippen molar-refractivity contribution in [2.45, 2.75) is 0 Å². The lowest BCUT2D eigenvalue weighted by molar-refractivity contribution is -0.123. The summed E-state index contributed by atoms with van der Waals surface area (Å²) in [7, 11) is 0. The molecule has 0 unspecified atom stereocenters. The van der Waals surface area contributed by atoms with Crippen molar-refractivity contribution in [1.82, 2.24) is 10.2 Å². The first-order chi connectivity index (χ1) is 7.66. The van der Waals surface area contributed by atoms with E-state index in [1.165, 1.54) is 4.90 Å². The van der Waals surface area contributed by atoms with E-state index in [2.05, 4.69) is 5.32 Å². The highest BCUT2D eigenvalue weighted by atomic mass is 16.2. The van der Waals surface area contributed by atoms with Crippen LogP contribution in [0.5, 0.6) is 0 Å². The molecule has 1 aromatic rings. The SMILES string of the molecule is Nc1ccc(C(=O)N2CCNC(=O)C2)cc1. The number of piperazine rings is 1. The average Bonchev–Trinajstić information content (AvgIpc) is 2.29. The molecule has 0 bridgehead atoms. The lowest BCUT2D eigenvalue weighted by Gasteiger charge is -2.26. The number of hydrogen-bond acceptors (Lipinski definition) is 3. The first kappa shape index (κ1) is 10.5. The summed E-state index contributed by atoms with van der Waals surface area (Å²) in [6.45, 7) is 1.19. The Bertz CT molecular complexity index is 414. The van der Waals surface area contributed by atoms with Gasteiger partial charge in [0.25, 0.3) is 5.91 Å². The topological polar surface area (TPSA) is 75.4 Å². The molecular weight excluding hydrogens is 206 g/mol. The smallest absolute Gasteiger partial charge is 0.254 e. The van der Waals surface area contributed by atoms with E-state index >= 15 is 0 Å². The Morgan fingerprint density at radius 3 is 2.62 bits per heavy atom. The summed E-state index contributed by atoms with van der Waals surface area (Å²) in [5.74, 6) is -0.245. The van der Waals surface area contributed by atoms with Gasteiger partial charge in [-0.15, -0.1) is 0 Å². The highest BCUT2D eigenvalue weighted by molar-refractivity contribution is 5.97. The number of nitrogen functional groups attached to an aromatic ring is 1. The van der Waals surface area contributed by atoms with Crippen LogP contribution in [0.3, 0.4) is 0 Å². The molecule has 2 rings (SSSR count). The number of nitrogens with zero attached hydrogens (tertiary/aromatic N) is 1. The van der Waals surface area contributed by atoms with Crippen molar-refractivity contribution in [3.63, 3.8) is 0 Å². The summed E-state index contributed by atoms with van der Waals surface area (Å²) >= 11 is 0. The number of rotatable bonds is 1. The Hall–Kier alpha value is -2.04. The second kappa shape index (κ2) is 4.22. The van der Waals surface area contributed by atoms with E-state index < -0.39 is 0 Å². The fourth-order valence-electron chi connectivity index (χ4n) is 1.62. The van der Waals surface area contributed by atoms with E-state index in [0.717, 1.165) is 0 Å². The molecule has 1 heterocycles. The molecular formula is C11H13N3O2. The number of nitrogens with one attached hydrogen (secondary N) is 1. The Morgan fingerprint density at radius 2 is 2.00 bits per heavy atom. The van der Waals surface area contributed by atoms with Gasteiger partial charge in [-0.3, -0.25) is 9.59 Å². The molecule has 1 fully saturated rings. The first-order valence-electron chi connectivity index (χ1n) is 5.08. The van der Waals surface area contributed by atoms with Crippen molar-refractivity contribution in [3.05, 3.63) is 29.8 Å². The van der Waals surface area contributed by atoms with Crippen molar-refractivity contribution in [2.75, 3.05) is 25.4 Å². The van der Waals surface area contributed by atoms with Gasteiger partial charge in [-0.25, -0.2) is 0 Å². The number of amides is 2. The van der Waals surface area contributed by atoms with E-state index in [9.17, 15) is 9.59 Å². The molecule has 1 aliphatic rings. The standard InChI is InChI=1S/C11H13N3O2/c12-9-3-1-8(2-4-9)11(16)14-6-5-13-10(15)7-14/h1-4H,5-7,12H2,(H,13,15). The third-order valence-corrected chi connectivity index (χ3v) is 2.48. The number of carbonyl (C=O) groups is 2. The maximum atomic E-state index is 12.0. The number of carbonyl (C=O) groups excluding carboxylic acids is 2. The molecule has 0 atom stereocenters. The van der Waals surface area contributed by atoms with Gasteiger partial charge in [0.15, 0.2) is 0 Å². The molecule has 5 heteroatoms. The number of nitrogens with two attached hydrogens (primary N) is 1. The fraction of sp³-hybridized carbons (Fsp3) is 0.273. The monoisotopic (exact) mass is 219 g/mol. The highest BCUT2D eigenvalue weighted by Crippen LogP contribution is 2.09. The van der Waals surface area contributed by atoms with Crippen LogP contribution in [-0.2, 0) is 4.79 Å². The minimum absolute atomic E-state index is 0.116. The number of anilines is 1. The zero-order chi connectivity index (χ0) is 11.5. The lowest BCUT2D eigenvalue weighted by atomic mass is 10.1. The van der Waals surface area contributed by atoms with Gasteiger partial charge < -0.3 is 16.0 Å². The predicted octanol–water partition coefficient (Wildman–Crippen LogP) is -0.159. The molecule has 16 heavy (non-hydrogen) atoms. The second-order valence-corrected chi connectivity index (χ2v) is 3.70. The van der Waals surface area contributed by atoms with Crippen LogP contribution in [0.1, 0.15) is 10.4 Å². The van der Waals surface area contributed by atoms with Crippen LogP contribution in [-0.4, -0.2) is 36.3 Å². The molecule has 84 valence electrons. The van der Waals surface area contributed by atoms with E-state index in [0.29, 0.717) is 24.3 Å². The van der Waals surface area contributed by atoms with Gasteiger partial charge in [-0.05, 0) is 24.3 Å². The van der Waals surface area contributed by atoms with Gasteiger partial charge in [-0.2, -0.15) is 0 Å². The normalized spacial score (nSPS) is 15.8. The second-order valence-electron chi connectivity index (χ2n) is 3.70. The lowest BCUT2D eigenvalue weighted by Crippen LogP contribution is -2.49. The molecule has 0 aliphatic carbocycles. The molecule has 5 nitrogen and oxygen atoms in total. The van der Waals surface area contributed by atoms with Crippen LogP contribution in [0, 0.1) is 0 Å². The minimum Gasteiger partial charge on any atom is -0.399 e. The molecule has 1 saturated heterocycles. The maximum absolute atomic E-state index is 12.0. The first-order valence-corrected chi connectivity index (χ1v) is 5.08. The van der Waals surface area contributed by atoms with Gasteiger partial charge >= 0.3 is 0 Å². The van der Waals surface area contributed by atoms with Crippen molar-refractivity contribution in [1.29, 1.82) is 0 Å². The molecule has 0 radical (unpaired) electrons. The molecule has 1 aromatic carbocycles. The average molecular weight is 219 g/mol. The van der Waals surface area contributed by atoms with Gasteiger partial charge in [0.1, 0.15) is 0 Å². The third-order valence-electron chi connectivity index (χ3n) is 2.48. The molecule has 0 spiro atoms. The van der Waals surface area contributed by atoms with Crippen LogP contribution < -0.4 is 11.1 Å². The summed E-state index contributed by atoms with van der Waals surface area (Å²) < 4.78 is 0. The van der Waals surface area contributed by atoms with E-state index in [-0.39, 0.29) is 18.4 Å². The molecule has 0 aromatic heterocycles. The van der Waals surface area contributed by atoms with Gasteiger partial charge in [0.05, 0.1) is 6.54 Å². The van der Waals surface area contributed by atoms with Crippen LogP contribution in [0.15, 0.2) is 24.3 Å². The molecule has 2 amide bonds. The van der Waals surface area contributed by atoms with Crippen molar-refractivity contribution >= 4 is 17.5 Å². The summed E-state index contributed by atoms with van der Waals surface area (Å²) in [6.07, 6.45) is 0. The van der Waals surface area contributed by atoms with Crippen molar-refractivity contribution in [2.24, 2.45) is 0 Å².